The molecule has 1 N–H and O–H groups in total. The van der Waals surface area contributed by atoms with Gasteiger partial charge in [-0.1, -0.05) is 40.0 Å². The number of rotatable bonds is 4. The van der Waals surface area contributed by atoms with E-state index in [2.05, 4.69) is 49.0 Å². The average Bonchev–Trinajstić information content (AvgIpc) is 2.48. The summed E-state index contributed by atoms with van der Waals surface area (Å²) in [6, 6.07) is 2.73. The van der Waals surface area contributed by atoms with Gasteiger partial charge < -0.3 is 10.2 Å². The van der Waals surface area contributed by atoms with E-state index in [9.17, 15) is 0 Å². The third kappa shape index (κ3) is 3.86. The van der Waals surface area contributed by atoms with Gasteiger partial charge in [-0.15, -0.1) is 0 Å². The number of nitrogens with one attached hydrogen (secondary N) is 1. The first kappa shape index (κ1) is 16.1. The van der Waals surface area contributed by atoms with Crippen LogP contribution in [-0.2, 0) is 5.41 Å². The SMILES string of the molecule is CCN(c1cc(NC)nc(C(C)(C)C)n1)C1CCCCC1. The van der Waals surface area contributed by atoms with E-state index in [1.807, 2.05) is 7.05 Å². The first-order chi connectivity index (χ1) is 9.95. The van der Waals surface area contributed by atoms with Crippen molar-refractivity contribution < 1.29 is 0 Å². The number of anilines is 2. The molecule has 118 valence electrons. The fourth-order valence-electron chi connectivity index (χ4n) is 3.05. The molecule has 1 aliphatic carbocycles. The van der Waals surface area contributed by atoms with Gasteiger partial charge in [-0.05, 0) is 19.8 Å². The summed E-state index contributed by atoms with van der Waals surface area (Å²) in [6.45, 7) is 9.74. The van der Waals surface area contributed by atoms with Gasteiger partial charge in [-0.25, -0.2) is 9.97 Å². The van der Waals surface area contributed by atoms with E-state index in [0.29, 0.717) is 6.04 Å². The summed E-state index contributed by atoms with van der Waals surface area (Å²) >= 11 is 0. The van der Waals surface area contributed by atoms with Crippen molar-refractivity contribution in [3.63, 3.8) is 0 Å². The fraction of sp³-hybridized carbons (Fsp3) is 0.765. The Hall–Kier alpha value is -1.32. The zero-order chi connectivity index (χ0) is 15.5. The van der Waals surface area contributed by atoms with Crippen LogP contribution in [0.5, 0.6) is 0 Å². The van der Waals surface area contributed by atoms with Crippen molar-refractivity contribution >= 4 is 11.6 Å². The molecule has 1 aromatic heterocycles. The molecule has 1 fully saturated rings. The molecule has 0 amide bonds. The minimum absolute atomic E-state index is 0.0341. The average molecular weight is 290 g/mol. The van der Waals surface area contributed by atoms with Gasteiger partial charge in [0.2, 0.25) is 0 Å². The lowest BCUT2D eigenvalue weighted by Crippen LogP contribution is -2.37. The molecule has 0 saturated heterocycles. The van der Waals surface area contributed by atoms with E-state index in [-0.39, 0.29) is 5.41 Å². The predicted octanol–water partition coefficient (Wildman–Crippen LogP) is 3.97. The number of hydrogen-bond acceptors (Lipinski definition) is 4. The number of hydrogen-bond donors (Lipinski definition) is 1. The Bertz CT molecular complexity index is 458. The molecule has 4 heteroatoms. The largest absolute Gasteiger partial charge is 0.373 e. The molecule has 1 heterocycles. The normalized spacial score (nSPS) is 16.8. The van der Waals surface area contributed by atoms with Gasteiger partial charge in [-0.3, -0.25) is 0 Å². The Morgan fingerprint density at radius 3 is 2.38 bits per heavy atom. The lowest BCUT2D eigenvalue weighted by atomic mass is 9.94. The molecule has 1 saturated carbocycles. The van der Waals surface area contributed by atoms with Crippen LogP contribution in [0.25, 0.3) is 0 Å². The van der Waals surface area contributed by atoms with E-state index in [1.165, 1.54) is 32.1 Å². The summed E-state index contributed by atoms with van der Waals surface area (Å²) in [4.78, 5) is 12.0. The van der Waals surface area contributed by atoms with Crippen molar-refractivity contribution in [2.24, 2.45) is 0 Å². The second-order valence-corrected chi connectivity index (χ2v) is 7.01. The standard InChI is InChI=1S/C17H30N4/c1-6-21(13-10-8-7-9-11-13)15-12-14(18-5)19-16(20-15)17(2,3)4/h12-13H,6-11H2,1-5H3,(H,18,19,20). The van der Waals surface area contributed by atoms with Crippen molar-refractivity contribution in [1.29, 1.82) is 0 Å². The molecule has 4 nitrogen and oxygen atoms in total. The summed E-state index contributed by atoms with van der Waals surface area (Å²) in [5.74, 6) is 2.91. The third-order valence-corrected chi connectivity index (χ3v) is 4.29. The molecular weight excluding hydrogens is 260 g/mol. The molecule has 0 radical (unpaired) electrons. The van der Waals surface area contributed by atoms with Crippen LogP contribution in [0.15, 0.2) is 6.07 Å². The van der Waals surface area contributed by atoms with Crippen molar-refractivity contribution in [3.8, 4) is 0 Å². The molecule has 0 bridgehead atoms. The van der Waals surface area contributed by atoms with Gasteiger partial charge in [0.05, 0.1) is 0 Å². The Labute approximate surface area is 129 Å². The highest BCUT2D eigenvalue weighted by atomic mass is 15.2. The summed E-state index contributed by atoms with van der Waals surface area (Å²) in [5.41, 5.74) is -0.0341. The van der Waals surface area contributed by atoms with E-state index in [0.717, 1.165) is 24.0 Å². The first-order valence-corrected chi connectivity index (χ1v) is 8.29. The summed E-state index contributed by atoms with van der Waals surface area (Å²) in [6.07, 6.45) is 6.65. The highest BCUT2D eigenvalue weighted by Gasteiger charge is 2.24. The topological polar surface area (TPSA) is 41.0 Å². The zero-order valence-corrected chi connectivity index (χ0v) is 14.2. The Kier molecular flexibility index (Phi) is 5.07. The van der Waals surface area contributed by atoms with Crippen molar-refractivity contribution in [2.75, 3.05) is 23.8 Å². The van der Waals surface area contributed by atoms with Gasteiger partial charge in [0, 0.05) is 31.1 Å². The Balaban J connectivity index is 2.35. The van der Waals surface area contributed by atoms with Crippen LogP contribution in [0.2, 0.25) is 0 Å². The molecule has 0 atom stereocenters. The molecule has 0 unspecified atom stereocenters. The van der Waals surface area contributed by atoms with Crippen LogP contribution >= 0.6 is 0 Å². The molecule has 0 aromatic carbocycles. The highest BCUT2D eigenvalue weighted by molar-refractivity contribution is 5.50. The molecule has 0 spiro atoms. The van der Waals surface area contributed by atoms with Crippen molar-refractivity contribution in [2.45, 2.75) is 71.3 Å². The van der Waals surface area contributed by atoms with Gasteiger partial charge in [0.1, 0.15) is 17.5 Å². The van der Waals surface area contributed by atoms with Gasteiger partial charge in [-0.2, -0.15) is 0 Å². The Morgan fingerprint density at radius 1 is 1.19 bits per heavy atom. The van der Waals surface area contributed by atoms with Crippen LogP contribution in [-0.4, -0.2) is 29.6 Å². The van der Waals surface area contributed by atoms with Crippen LogP contribution in [0.3, 0.4) is 0 Å². The van der Waals surface area contributed by atoms with E-state index in [4.69, 9.17) is 4.98 Å². The van der Waals surface area contributed by atoms with Crippen molar-refractivity contribution in [1.82, 2.24) is 9.97 Å². The highest BCUT2D eigenvalue weighted by Crippen LogP contribution is 2.29. The molecule has 2 rings (SSSR count). The smallest absolute Gasteiger partial charge is 0.138 e. The molecule has 21 heavy (non-hydrogen) atoms. The lowest BCUT2D eigenvalue weighted by Gasteiger charge is -2.35. The van der Waals surface area contributed by atoms with Gasteiger partial charge in [0.25, 0.3) is 0 Å². The summed E-state index contributed by atoms with van der Waals surface area (Å²) in [5, 5.41) is 3.18. The lowest BCUT2D eigenvalue weighted by molar-refractivity contribution is 0.415. The molecular formula is C17H30N4. The van der Waals surface area contributed by atoms with Crippen LogP contribution in [0, 0.1) is 0 Å². The van der Waals surface area contributed by atoms with E-state index < -0.39 is 0 Å². The maximum absolute atomic E-state index is 4.87. The number of nitrogens with zero attached hydrogens (tertiary/aromatic N) is 3. The minimum atomic E-state index is -0.0341. The zero-order valence-electron chi connectivity index (χ0n) is 14.2. The third-order valence-electron chi connectivity index (χ3n) is 4.29. The molecule has 0 aliphatic heterocycles. The number of aromatic nitrogens is 2. The van der Waals surface area contributed by atoms with Crippen molar-refractivity contribution in [3.05, 3.63) is 11.9 Å². The van der Waals surface area contributed by atoms with E-state index >= 15 is 0 Å². The van der Waals surface area contributed by atoms with Crippen LogP contribution < -0.4 is 10.2 Å². The second kappa shape index (κ2) is 6.63. The van der Waals surface area contributed by atoms with Crippen LogP contribution in [0.1, 0.15) is 65.6 Å². The monoisotopic (exact) mass is 290 g/mol. The maximum Gasteiger partial charge on any atom is 0.138 e. The molecule has 1 aromatic rings. The Morgan fingerprint density at radius 2 is 1.86 bits per heavy atom. The van der Waals surface area contributed by atoms with E-state index in [1.54, 1.807) is 0 Å². The molecule has 1 aliphatic rings. The summed E-state index contributed by atoms with van der Waals surface area (Å²) < 4.78 is 0. The van der Waals surface area contributed by atoms with Gasteiger partial charge in [0.15, 0.2) is 0 Å². The quantitative estimate of drug-likeness (QED) is 0.911. The minimum Gasteiger partial charge on any atom is -0.373 e. The second-order valence-electron chi connectivity index (χ2n) is 7.01. The first-order valence-electron chi connectivity index (χ1n) is 8.29. The predicted molar refractivity (Wildman–Crippen MR) is 90.2 cm³/mol. The fourth-order valence-corrected chi connectivity index (χ4v) is 3.05. The van der Waals surface area contributed by atoms with Crippen LogP contribution in [0.4, 0.5) is 11.6 Å². The maximum atomic E-state index is 4.87. The summed E-state index contributed by atoms with van der Waals surface area (Å²) in [7, 11) is 1.93. The van der Waals surface area contributed by atoms with Gasteiger partial charge >= 0.3 is 0 Å².